The zero-order chi connectivity index (χ0) is 16.7. The molecule has 0 atom stereocenters. The molecule has 4 aromatic rings. The molecule has 118 valence electrons. The first-order valence-corrected chi connectivity index (χ1v) is 8.30. The average molecular weight is 333 g/mol. The van der Waals surface area contributed by atoms with E-state index >= 15 is 0 Å². The van der Waals surface area contributed by atoms with E-state index in [-0.39, 0.29) is 0 Å². The molecule has 3 heteroatoms. The maximum Gasteiger partial charge on any atom is 0.100 e. The summed E-state index contributed by atoms with van der Waals surface area (Å²) < 4.78 is 2.12. The van der Waals surface area contributed by atoms with Crippen LogP contribution in [0.3, 0.4) is 0 Å². The van der Waals surface area contributed by atoms with Crippen molar-refractivity contribution in [2.75, 3.05) is 0 Å². The van der Waals surface area contributed by atoms with Gasteiger partial charge >= 0.3 is 0 Å². The van der Waals surface area contributed by atoms with Crippen LogP contribution in [-0.4, -0.2) is 9.55 Å². The van der Waals surface area contributed by atoms with Crippen molar-refractivity contribution in [3.05, 3.63) is 83.1 Å². The number of aryl methyl sites for hydroxylation is 2. The standard InChI is InChI=1S/C21H17ClN2/c1-14-3-8-18(9-4-14)24-13-23-20-10-7-17(12-21(20)24)16-6-5-15(2)19(22)11-16/h3-13H,1-2H3. The molecule has 1 heterocycles. The number of rotatable bonds is 2. The van der Waals surface area contributed by atoms with E-state index < -0.39 is 0 Å². The third kappa shape index (κ3) is 2.59. The summed E-state index contributed by atoms with van der Waals surface area (Å²) in [4.78, 5) is 4.52. The van der Waals surface area contributed by atoms with Gasteiger partial charge in [-0.1, -0.05) is 47.5 Å². The Morgan fingerprint density at radius 1 is 0.833 bits per heavy atom. The Hall–Kier alpha value is -2.58. The Kier molecular flexibility index (Phi) is 3.62. The van der Waals surface area contributed by atoms with E-state index in [9.17, 15) is 0 Å². The SMILES string of the molecule is Cc1ccc(-n2cnc3ccc(-c4ccc(C)c(Cl)c4)cc32)cc1. The van der Waals surface area contributed by atoms with Crippen molar-refractivity contribution in [3.8, 4) is 16.8 Å². The molecule has 0 N–H and O–H groups in total. The van der Waals surface area contributed by atoms with Gasteiger partial charge in [0.1, 0.15) is 6.33 Å². The first-order chi connectivity index (χ1) is 11.6. The number of nitrogens with zero attached hydrogens (tertiary/aromatic N) is 2. The summed E-state index contributed by atoms with van der Waals surface area (Å²) in [5.74, 6) is 0. The monoisotopic (exact) mass is 332 g/mol. The summed E-state index contributed by atoms with van der Waals surface area (Å²) in [5, 5.41) is 0.791. The fourth-order valence-electron chi connectivity index (χ4n) is 2.87. The molecule has 0 fully saturated rings. The van der Waals surface area contributed by atoms with Crippen molar-refractivity contribution < 1.29 is 0 Å². The van der Waals surface area contributed by atoms with Crippen molar-refractivity contribution >= 4 is 22.6 Å². The smallest absolute Gasteiger partial charge is 0.100 e. The van der Waals surface area contributed by atoms with Crippen molar-refractivity contribution in [2.45, 2.75) is 13.8 Å². The molecular formula is C21H17ClN2. The molecule has 0 amide bonds. The topological polar surface area (TPSA) is 17.8 Å². The third-order valence-corrected chi connectivity index (χ3v) is 4.77. The molecule has 0 saturated carbocycles. The molecule has 0 radical (unpaired) electrons. The predicted octanol–water partition coefficient (Wildman–Crippen LogP) is 5.96. The maximum absolute atomic E-state index is 6.29. The van der Waals surface area contributed by atoms with Crippen LogP contribution in [0.2, 0.25) is 5.02 Å². The molecule has 0 spiro atoms. The van der Waals surface area contributed by atoms with E-state index in [2.05, 4.69) is 71.1 Å². The van der Waals surface area contributed by atoms with Crippen LogP contribution in [0.1, 0.15) is 11.1 Å². The van der Waals surface area contributed by atoms with Gasteiger partial charge in [-0.25, -0.2) is 4.98 Å². The van der Waals surface area contributed by atoms with E-state index in [0.717, 1.165) is 38.4 Å². The maximum atomic E-state index is 6.29. The molecule has 0 unspecified atom stereocenters. The molecule has 0 saturated heterocycles. The fraction of sp³-hybridized carbons (Fsp3) is 0.0952. The summed E-state index contributed by atoms with van der Waals surface area (Å²) >= 11 is 6.29. The van der Waals surface area contributed by atoms with Crippen molar-refractivity contribution in [1.29, 1.82) is 0 Å². The van der Waals surface area contributed by atoms with Crippen LogP contribution in [0.5, 0.6) is 0 Å². The van der Waals surface area contributed by atoms with E-state index in [1.54, 1.807) is 0 Å². The zero-order valence-corrected chi connectivity index (χ0v) is 14.4. The molecule has 0 aliphatic heterocycles. The van der Waals surface area contributed by atoms with Gasteiger partial charge in [0.05, 0.1) is 11.0 Å². The number of fused-ring (bicyclic) bond motifs is 1. The van der Waals surface area contributed by atoms with Gasteiger partial charge in [-0.15, -0.1) is 0 Å². The summed E-state index contributed by atoms with van der Waals surface area (Å²) in [6.45, 7) is 4.11. The molecular weight excluding hydrogens is 316 g/mol. The van der Waals surface area contributed by atoms with Gasteiger partial charge in [-0.2, -0.15) is 0 Å². The van der Waals surface area contributed by atoms with Crippen LogP contribution >= 0.6 is 11.6 Å². The third-order valence-electron chi connectivity index (χ3n) is 4.36. The second-order valence-corrected chi connectivity index (χ2v) is 6.52. The number of hydrogen-bond acceptors (Lipinski definition) is 1. The number of benzene rings is 3. The Morgan fingerprint density at radius 3 is 2.29 bits per heavy atom. The van der Waals surface area contributed by atoms with Crippen LogP contribution in [0.25, 0.3) is 27.8 Å². The fourth-order valence-corrected chi connectivity index (χ4v) is 3.05. The van der Waals surface area contributed by atoms with Gasteiger partial charge in [0.25, 0.3) is 0 Å². The van der Waals surface area contributed by atoms with E-state index in [0.29, 0.717) is 0 Å². The summed E-state index contributed by atoms with van der Waals surface area (Å²) in [6, 6.07) is 21.0. The first kappa shape index (κ1) is 15.0. The highest BCUT2D eigenvalue weighted by Gasteiger charge is 2.08. The first-order valence-electron chi connectivity index (χ1n) is 7.92. The minimum atomic E-state index is 0.791. The highest BCUT2D eigenvalue weighted by atomic mass is 35.5. The van der Waals surface area contributed by atoms with Crippen molar-refractivity contribution in [3.63, 3.8) is 0 Å². The number of hydrogen-bond donors (Lipinski definition) is 0. The molecule has 0 aliphatic rings. The van der Waals surface area contributed by atoms with Crippen LogP contribution in [0.4, 0.5) is 0 Å². The lowest BCUT2D eigenvalue weighted by molar-refractivity contribution is 1.09. The van der Waals surface area contributed by atoms with Gasteiger partial charge < -0.3 is 0 Å². The van der Waals surface area contributed by atoms with Gasteiger partial charge in [0.15, 0.2) is 0 Å². The molecule has 4 rings (SSSR count). The lowest BCUT2D eigenvalue weighted by atomic mass is 10.0. The Balaban J connectivity index is 1.86. The van der Waals surface area contributed by atoms with E-state index in [1.165, 1.54) is 5.56 Å². The average Bonchev–Trinajstić information content (AvgIpc) is 3.01. The molecule has 3 aromatic carbocycles. The molecule has 1 aromatic heterocycles. The highest BCUT2D eigenvalue weighted by Crippen LogP contribution is 2.28. The Bertz CT molecular complexity index is 1030. The van der Waals surface area contributed by atoms with E-state index in [1.807, 2.05) is 19.3 Å². The predicted molar refractivity (Wildman–Crippen MR) is 101 cm³/mol. The zero-order valence-electron chi connectivity index (χ0n) is 13.6. The lowest BCUT2D eigenvalue weighted by Gasteiger charge is -2.08. The normalized spacial score (nSPS) is 11.1. The molecule has 2 nitrogen and oxygen atoms in total. The van der Waals surface area contributed by atoms with Crippen LogP contribution in [0.15, 0.2) is 67.0 Å². The summed E-state index contributed by atoms with van der Waals surface area (Å²) in [7, 11) is 0. The van der Waals surface area contributed by atoms with Crippen molar-refractivity contribution in [2.24, 2.45) is 0 Å². The second-order valence-electron chi connectivity index (χ2n) is 6.12. The Labute approximate surface area is 146 Å². The lowest BCUT2D eigenvalue weighted by Crippen LogP contribution is -1.92. The van der Waals surface area contributed by atoms with Crippen molar-refractivity contribution in [1.82, 2.24) is 9.55 Å². The molecule has 0 bridgehead atoms. The van der Waals surface area contributed by atoms with Crippen LogP contribution in [-0.2, 0) is 0 Å². The minimum Gasteiger partial charge on any atom is -0.299 e. The Morgan fingerprint density at radius 2 is 1.54 bits per heavy atom. The number of aromatic nitrogens is 2. The summed E-state index contributed by atoms with van der Waals surface area (Å²) in [5.41, 5.74) is 7.78. The van der Waals surface area contributed by atoms with E-state index in [4.69, 9.17) is 11.6 Å². The summed E-state index contributed by atoms with van der Waals surface area (Å²) in [6.07, 6.45) is 1.88. The van der Waals surface area contributed by atoms with Gasteiger partial charge in [0, 0.05) is 10.7 Å². The largest absolute Gasteiger partial charge is 0.299 e. The molecule has 24 heavy (non-hydrogen) atoms. The van der Waals surface area contributed by atoms with Crippen LogP contribution < -0.4 is 0 Å². The van der Waals surface area contributed by atoms with Gasteiger partial charge in [-0.3, -0.25) is 4.57 Å². The van der Waals surface area contributed by atoms with Gasteiger partial charge in [-0.05, 0) is 60.9 Å². The quantitative estimate of drug-likeness (QED) is 0.442. The highest BCUT2D eigenvalue weighted by molar-refractivity contribution is 6.31. The van der Waals surface area contributed by atoms with Crippen LogP contribution in [0, 0.1) is 13.8 Å². The number of imidazole rings is 1. The minimum absolute atomic E-state index is 0.791. The second kappa shape index (κ2) is 5.81. The molecule has 0 aliphatic carbocycles. The number of halogens is 1. The van der Waals surface area contributed by atoms with Gasteiger partial charge in [0.2, 0.25) is 0 Å².